The highest BCUT2D eigenvalue weighted by molar-refractivity contribution is 6.02. The Kier molecular flexibility index (Phi) is 2.56. The van der Waals surface area contributed by atoms with Crippen LogP contribution in [0.4, 0.5) is 0 Å². The summed E-state index contributed by atoms with van der Waals surface area (Å²) in [6.45, 7) is 1.69. The van der Waals surface area contributed by atoms with Gasteiger partial charge in [0, 0.05) is 5.56 Å². The molecule has 1 N–H and O–H groups in total. The third kappa shape index (κ3) is 1.92. The van der Waals surface area contributed by atoms with E-state index in [1.807, 2.05) is 12.1 Å². The zero-order valence-corrected chi connectivity index (χ0v) is 8.43. The number of rotatable bonds is 2. The van der Waals surface area contributed by atoms with Crippen LogP contribution in [0.5, 0.6) is 0 Å². The van der Waals surface area contributed by atoms with E-state index in [0.717, 1.165) is 5.56 Å². The van der Waals surface area contributed by atoms with Gasteiger partial charge < -0.3 is 9.84 Å². The second-order valence-electron chi connectivity index (χ2n) is 3.59. The average Bonchev–Trinajstić information content (AvgIpc) is 2.54. The standard InChI is InChI=1S/C12H12O3/c1-8(13)6-7-11-9-4-2-3-5-10(9)12(14)15-11/h2-5,7-8,13H,6H2,1H3/b11-7-. The lowest BCUT2D eigenvalue weighted by atomic mass is 10.1. The first kappa shape index (κ1) is 9.93. The maximum absolute atomic E-state index is 11.4. The maximum Gasteiger partial charge on any atom is 0.344 e. The minimum absolute atomic E-state index is 0.317. The van der Waals surface area contributed by atoms with Crippen LogP contribution in [0.2, 0.25) is 0 Å². The number of esters is 1. The number of carbonyl (C=O) groups is 1. The quantitative estimate of drug-likeness (QED) is 0.749. The van der Waals surface area contributed by atoms with E-state index in [2.05, 4.69) is 0 Å². The van der Waals surface area contributed by atoms with Crippen LogP contribution in [-0.2, 0) is 4.74 Å². The number of cyclic esters (lactones) is 1. The van der Waals surface area contributed by atoms with Crippen molar-refractivity contribution in [3.05, 3.63) is 41.5 Å². The second kappa shape index (κ2) is 3.87. The summed E-state index contributed by atoms with van der Waals surface area (Å²) < 4.78 is 5.09. The number of aliphatic hydroxyl groups is 1. The van der Waals surface area contributed by atoms with Crippen molar-refractivity contribution in [3.8, 4) is 0 Å². The second-order valence-corrected chi connectivity index (χ2v) is 3.59. The first-order chi connectivity index (χ1) is 7.18. The minimum Gasteiger partial charge on any atom is -0.423 e. The Bertz CT molecular complexity index is 419. The smallest absolute Gasteiger partial charge is 0.344 e. The van der Waals surface area contributed by atoms with E-state index in [4.69, 9.17) is 9.84 Å². The molecule has 0 spiro atoms. The zero-order valence-electron chi connectivity index (χ0n) is 8.43. The Morgan fingerprint density at radius 3 is 2.73 bits per heavy atom. The fourth-order valence-corrected chi connectivity index (χ4v) is 1.52. The van der Waals surface area contributed by atoms with Gasteiger partial charge in [-0.25, -0.2) is 4.79 Å². The molecule has 0 saturated heterocycles. The first-order valence-electron chi connectivity index (χ1n) is 4.88. The van der Waals surface area contributed by atoms with E-state index < -0.39 is 6.10 Å². The van der Waals surface area contributed by atoms with E-state index in [1.165, 1.54) is 0 Å². The van der Waals surface area contributed by atoms with Gasteiger partial charge in [-0.2, -0.15) is 0 Å². The summed E-state index contributed by atoms with van der Waals surface area (Å²) in [5.74, 6) is 0.235. The van der Waals surface area contributed by atoms with Crippen molar-refractivity contribution in [2.75, 3.05) is 0 Å². The number of carbonyl (C=O) groups excluding carboxylic acids is 1. The Morgan fingerprint density at radius 1 is 1.40 bits per heavy atom. The van der Waals surface area contributed by atoms with Crippen LogP contribution in [0.3, 0.4) is 0 Å². The molecular formula is C12H12O3. The molecule has 0 bridgehead atoms. The highest BCUT2D eigenvalue weighted by atomic mass is 16.5. The molecule has 78 valence electrons. The number of hydrogen-bond donors (Lipinski definition) is 1. The Balaban J connectivity index is 2.32. The van der Waals surface area contributed by atoms with E-state index in [-0.39, 0.29) is 5.97 Å². The molecular weight excluding hydrogens is 192 g/mol. The van der Waals surface area contributed by atoms with Crippen molar-refractivity contribution in [1.29, 1.82) is 0 Å². The molecule has 0 fully saturated rings. The van der Waals surface area contributed by atoms with Gasteiger partial charge in [-0.15, -0.1) is 0 Å². The van der Waals surface area contributed by atoms with E-state index in [0.29, 0.717) is 17.7 Å². The number of benzene rings is 1. The summed E-state index contributed by atoms with van der Waals surface area (Å²) in [7, 11) is 0. The molecule has 1 atom stereocenters. The molecule has 0 saturated carbocycles. The van der Waals surface area contributed by atoms with Crippen molar-refractivity contribution in [2.45, 2.75) is 19.4 Å². The Morgan fingerprint density at radius 2 is 2.07 bits per heavy atom. The lowest BCUT2D eigenvalue weighted by Crippen LogP contribution is -1.97. The Labute approximate surface area is 88.0 Å². The van der Waals surface area contributed by atoms with E-state index in [1.54, 1.807) is 25.1 Å². The molecule has 1 aromatic rings. The summed E-state index contributed by atoms with van der Waals surface area (Å²) in [6.07, 6.45) is 1.80. The number of ether oxygens (including phenoxy) is 1. The van der Waals surface area contributed by atoms with Crippen molar-refractivity contribution in [3.63, 3.8) is 0 Å². The van der Waals surface area contributed by atoms with Gasteiger partial charge in [-0.05, 0) is 25.5 Å². The predicted molar refractivity (Wildman–Crippen MR) is 56.1 cm³/mol. The number of aliphatic hydroxyl groups excluding tert-OH is 1. The lowest BCUT2D eigenvalue weighted by molar-refractivity contribution is 0.0714. The first-order valence-corrected chi connectivity index (χ1v) is 4.88. The van der Waals surface area contributed by atoms with Crippen LogP contribution in [0, 0.1) is 0 Å². The molecule has 1 unspecified atom stereocenters. The van der Waals surface area contributed by atoms with Gasteiger partial charge in [0.1, 0.15) is 5.76 Å². The zero-order chi connectivity index (χ0) is 10.8. The molecule has 3 nitrogen and oxygen atoms in total. The van der Waals surface area contributed by atoms with Crippen molar-refractivity contribution in [1.82, 2.24) is 0 Å². The largest absolute Gasteiger partial charge is 0.423 e. The van der Waals surface area contributed by atoms with E-state index >= 15 is 0 Å². The van der Waals surface area contributed by atoms with Gasteiger partial charge in [-0.1, -0.05) is 18.2 Å². The molecule has 1 aliphatic rings. The fraction of sp³-hybridized carbons (Fsp3) is 0.250. The topological polar surface area (TPSA) is 46.5 Å². The summed E-state index contributed by atoms with van der Waals surface area (Å²) in [5, 5.41) is 9.14. The van der Waals surface area contributed by atoms with Crippen LogP contribution in [0.1, 0.15) is 29.3 Å². The lowest BCUT2D eigenvalue weighted by Gasteiger charge is -2.00. The van der Waals surface area contributed by atoms with Crippen LogP contribution in [0.15, 0.2) is 30.3 Å². The maximum atomic E-state index is 11.4. The summed E-state index contributed by atoms with van der Waals surface area (Å²) in [6, 6.07) is 7.24. The van der Waals surface area contributed by atoms with Gasteiger partial charge in [-0.3, -0.25) is 0 Å². The monoisotopic (exact) mass is 204 g/mol. The van der Waals surface area contributed by atoms with Crippen LogP contribution in [0.25, 0.3) is 5.76 Å². The molecule has 0 aliphatic carbocycles. The molecule has 15 heavy (non-hydrogen) atoms. The molecule has 1 aromatic carbocycles. The highest BCUT2D eigenvalue weighted by Crippen LogP contribution is 2.29. The molecule has 3 heteroatoms. The van der Waals surface area contributed by atoms with Crippen LogP contribution >= 0.6 is 0 Å². The van der Waals surface area contributed by atoms with E-state index in [9.17, 15) is 4.79 Å². The average molecular weight is 204 g/mol. The van der Waals surface area contributed by atoms with Crippen molar-refractivity contribution < 1.29 is 14.6 Å². The Hall–Kier alpha value is -1.61. The number of fused-ring (bicyclic) bond motifs is 1. The van der Waals surface area contributed by atoms with Crippen molar-refractivity contribution >= 4 is 11.7 Å². The fourth-order valence-electron chi connectivity index (χ4n) is 1.52. The molecule has 0 aromatic heterocycles. The van der Waals surface area contributed by atoms with Gasteiger partial charge in [0.25, 0.3) is 0 Å². The predicted octanol–water partition coefficient (Wildman–Crippen LogP) is 1.97. The number of hydrogen-bond acceptors (Lipinski definition) is 3. The van der Waals surface area contributed by atoms with Crippen LogP contribution in [-0.4, -0.2) is 17.2 Å². The summed E-state index contributed by atoms with van der Waals surface area (Å²) in [4.78, 5) is 11.4. The van der Waals surface area contributed by atoms with Crippen molar-refractivity contribution in [2.24, 2.45) is 0 Å². The molecule has 2 rings (SSSR count). The van der Waals surface area contributed by atoms with Gasteiger partial charge in [0.15, 0.2) is 0 Å². The summed E-state index contributed by atoms with van der Waals surface area (Å²) >= 11 is 0. The normalized spacial score (nSPS) is 18.8. The molecule has 1 heterocycles. The van der Waals surface area contributed by atoms with Gasteiger partial charge >= 0.3 is 5.97 Å². The summed E-state index contributed by atoms with van der Waals surface area (Å²) in [5.41, 5.74) is 1.40. The third-order valence-corrected chi connectivity index (χ3v) is 2.26. The SMILES string of the molecule is CC(O)C/C=C1\OC(=O)c2ccccc21. The van der Waals surface area contributed by atoms with Gasteiger partial charge in [0.05, 0.1) is 11.7 Å². The minimum atomic E-state index is -0.427. The molecule has 0 radical (unpaired) electrons. The third-order valence-electron chi connectivity index (χ3n) is 2.26. The van der Waals surface area contributed by atoms with Crippen LogP contribution < -0.4 is 0 Å². The highest BCUT2D eigenvalue weighted by Gasteiger charge is 2.25. The van der Waals surface area contributed by atoms with Gasteiger partial charge in [0.2, 0.25) is 0 Å². The molecule has 0 amide bonds. The molecule has 1 aliphatic heterocycles.